The first-order valence-electron chi connectivity index (χ1n) is 30.7. The Morgan fingerprint density at radius 3 is 1.00 bits per heavy atom. The van der Waals surface area contributed by atoms with Crippen LogP contribution < -0.4 is 9.80 Å². The fourth-order valence-electron chi connectivity index (χ4n) is 16.1. The summed E-state index contributed by atoms with van der Waals surface area (Å²) in [5, 5.41) is 12.8. The van der Waals surface area contributed by atoms with Crippen molar-refractivity contribution in [1.82, 2.24) is 0 Å². The minimum Gasteiger partial charge on any atom is -0.310 e. The summed E-state index contributed by atoms with van der Waals surface area (Å²) in [5.41, 5.74) is 20.7. The summed E-state index contributed by atoms with van der Waals surface area (Å²) in [4.78, 5) is 5.05. The second-order valence-corrected chi connectivity index (χ2v) is 25.6. The third-order valence-corrected chi connectivity index (χ3v) is 20.4. The molecule has 12 aromatic carbocycles. The first kappa shape index (κ1) is 49.4. The van der Waals surface area contributed by atoms with Crippen molar-refractivity contribution in [2.75, 3.05) is 9.80 Å². The Morgan fingerprint density at radius 2 is 0.585 bits per heavy atom. The molecule has 16 rings (SSSR count). The van der Waals surface area contributed by atoms with Gasteiger partial charge in [0.15, 0.2) is 0 Å². The van der Waals surface area contributed by atoms with Crippen molar-refractivity contribution >= 4 is 88.0 Å². The van der Waals surface area contributed by atoms with E-state index in [9.17, 15) is 0 Å². The largest absolute Gasteiger partial charge is 0.310 e. The molecule has 0 heterocycles. The van der Waals surface area contributed by atoms with Crippen LogP contribution in [0.3, 0.4) is 0 Å². The van der Waals surface area contributed by atoms with Crippen molar-refractivity contribution in [3.63, 3.8) is 0 Å². The number of rotatable bonds is 8. The molecule has 0 aromatic heterocycles. The number of fused-ring (bicyclic) bond motifs is 17. The van der Waals surface area contributed by atoms with Gasteiger partial charge in [-0.1, -0.05) is 212 Å². The minimum absolute atomic E-state index is 0.119. The third-order valence-electron chi connectivity index (χ3n) is 20.4. The van der Waals surface area contributed by atoms with Crippen LogP contribution in [0.1, 0.15) is 137 Å². The molecule has 2 fully saturated rings. The lowest BCUT2D eigenvalue weighted by molar-refractivity contribution is 0.443. The average Bonchev–Trinajstić information content (AvgIpc) is 2.59. The maximum atomic E-state index is 2.53. The maximum absolute atomic E-state index is 2.53. The number of hydrogen-bond donors (Lipinski definition) is 0. The fraction of sp³-hybridized carbons (Fsp3) is 0.225. The third kappa shape index (κ3) is 7.66. The minimum atomic E-state index is -0.119. The molecule has 2 heteroatoms. The highest BCUT2D eigenvalue weighted by atomic mass is 15.1. The summed E-state index contributed by atoms with van der Waals surface area (Å²) in [6, 6.07) is 84.8. The molecule has 0 spiro atoms. The molecule has 82 heavy (non-hydrogen) atoms. The molecule has 4 aliphatic carbocycles. The van der Waals surface area contributed by atoms with Crippen molar-refractivity contribution in [2.24, 2.45) is 0 Å². The van der Waals surface area contributed by atoms with Gasteiger partial charge >= 0.3 is 0 Å². The van der Waals surface area contributed by atoms with Crippen molar-refractivity contribution in [3.8, 4) is 22.3 Å². The zero-order valence-electron chi connectivity index (χ0n) is 47.9. The highest BCUT2D eigenvalue weighted by Crippen LogP contribution is 2.54. The topological polar surface area (TPSA) is 6.48 Å². The molecule has 400 valence electrons. The summed E-state index contributed by atoms with van der Waals surface area (Å²) >= 11 is 0. The van der Waals surface area contributed by atoms with Gasteiger partial charge < -0.3 is 9.80 Å². The van der Waals surface area contributed by atoms with Crippen LogP contribution in [-0.2, 0) is 10.8 Å². The normalized spacial score (nSPS) is 16.4. The molecule has 0 bridgehead atoms. The lowest BCUT2D eigenvalue weighted by Crippen LogP contribution is -2.16. The van der Waals surface area contributed by atoms with E-state index in [2.05, 4.69) is 256 Å². The van der Waals surface area contributed by atoms with Crippen molar-refractivity contribution in [1.29, 1.82) is 0 Å². The monoisotopic (exact) mass is 1060 g/mol. The predicted octanol–water partition coefficient (Wildman–Crippen LogP) is 23.1. The Balaban J connectivity index is 0.880. The van der Waals surface area contributed by atoms with E-state index in [4.69, 9.17) is 0 Å². The molecule has 0 unspecified atom stereocenters. The molecule has 12 aromatic rings. The van der Waals surface area contributed by atoms with E-state index < -0.39 is 0 Å². The first-order valence-corrected chi connectivity index (χ1v) is 30.7. The van der Waals surface area contributed by atoms with Crippen LogP contribution in [-0.4, -0.2) is 0 Å². The molecular weight excluding hydrogens is 989 g/mol. The second-order valence-electron chi connectivity index (χ2n) is 25.6. The van der Waals surface area contributed by atoms with Crippen LogP contribution in [0.4, 0.5) is 34.1 Å². The lowest BCUT2D eigenvalue weighted by Gasteiger charge is -2.30. The molecule has 2 saturated carbocycles. The quantitative estimate of drug-likeness (QED) is 0.140. The van der Waals surface area contributed by atoms with Gasteiger partial charge in [0.05, 0.1) is 0 Å². The van der Waals surface area contributed by atoms with Gasteiger partial charge in [0.2, 0.25) is 0 Å². The molecule has 2 nitrogen and oxygen atoms in total. The summed E-state index contributed by atoms with van der Waals surface area (Å²) in [7, 11) is 0. The van der Waals surface area contributed by atoms with E-state index in [0.717, 1.165) is 11.4 Å². The number of hydrogen-bond acceptors (Lipinski definition) is 2. The highest BCUT2D eigenvalue weighted by molar-refractivity contribution is 6.39. The van der Waals surface area contributed by atoms with Gasteiger partial charge in [-0.05, 0) is 220 Å². The van der Waals surface area contributed by atoms with Crippen LogP contribution >= 0.6 is 0 Å². The standard InChI is InChI=1S/C80H70N2/c1-79(2)73-29-17-15-25-63(73)65-43-39-59(49-75(65)79)81(55-35-31-53(32-36-55)51-19-7-5-8-20-51)57-41-45-69-71(47-57)61-23-11-13-27-67(61)78-70-46-42-58(48-72(70)62-24-12-14-28-68(62)77(69)78)82(56-37-33-54(34-38-56)52-21-9-6-10-22-52)60-40-44-66-64-26-16-18-30-74(64)80(3,4)76(66)50-60/h11-18,23-52H,5-10,19-22H2,1-4H3. The van der Waals surface area contributed by atoms with Gasteiger partial charge in [-0.2, -0.15) is 0 Å². The molecule has 4 aliphatic rings. The van der Waals surface area contributed by atoms with Gasteiger partial charge in [-0.15, -0.1) is 0 Å². The Hall–Kier alpha value is -8.46. The number of anilines is 6. The molecule has 0 radical (unpaired) electrons. The van der Waals surface area contributed by atoms with Gasteiger partial charge in [-0.3, -0.25) is 0 Å². The van der Waals surface area contributed by atoms with Crippen molar-refractivity contribution in [2.45, 2.75) is 115 Å². The Morgan fingerprint density at radius 1 is 0.268 bits per heavy atom. The van der Waals surface area contributed by atoms with E-state index >= 15 is 0 Å². The van der Waals surface area contributed by atoms with Crippen LogP contribution in [0.25, 0.3) is 76.1 Å². The highest BCUT2D eigenvalue weighted by Gasteiger charge is 2.37. The summed E-state index contributed by atoms with van der Waals surface area (Å²) < 4.78 is 0. The summed E-state index contributed by atoms with van der Waals surface area (Å²) in [6.45, 7) is 9.58. The van der Waals surface area contributed by atoms with Gasteiger partial charge in [0, 0.05) is 45.0 Å². The molecule has 0 atom stereocenters. The molecule has 0 N–H and O–H groups in total. The second kappa shape index (κ2) is 19.1. The van der Waals surface area contributed by atoms with E-state index in [0.29, 0.717) is 11.8 Å². The SMILES string of the molecule is CC1(C)c2ccccc2-c2ccc(N(c3ccc(C4CCCCC4)cc3)c3ccc4c(c3)c3ccccc3c3c5ccc(N(c6ccc(C7CCCCC7)cc6)c6ccc7c(c6)C(C)(C)c6ccccc6-7)cc5c5ccccc5c43)cc21. The summed E-state index contributed by atoms with van der Waals surface area (Å²) in [5.74, 6) is 1.29. The molecular formula is C80H70N2. The molecule has 0 saturated heterocycles. The number of benzene rings is 12. The van der Waals surface area contributed by atoms with Crippen molar-refractivity contribution < 1.29 is 0 Å². The van der Waals surface area contributed by atoms with E-state index in [-0.39, 0.29) is 10.8 Å². The van der Waals surface area contributed by atoms with Crippen molar-refractivity contribution in [3.05, 3.63) is 252 Å². The fourth-order valence-corrected chi connectivity index (χ4v) is 16.1. The van der Waals surface area contributed by atoms with Gasteiger partial charge in [-0.25, -0.2) is 0 Å². The van der Waals surface area contributed by atoms with Crippen LogP contribution in [0.5, 0.6) is 0 Å². The Kier molecular flexibility index (Phi) is 11.5. The summed E-state index contributed by atoms with van der Waals surface area (Å²) in [6.07, 6.45) is 13.2. The van der Waals surface area contributed by atoms with Crippen LogP contribution in [0, 0.1) is 0 Å². The first-order chi connectivity index (χ1) is 40.2. The Bertz CT molecular complexity index is 4240. The smallest absolute Gasteiger partial charge is 0.0468 e. The van der Waals surface area contributed by atoms with E-state index in [1.165, 1.54) is 196 Å². The van der Waals surface area contributed by atoms with Crippen LogP contribution in [0.2, 0.25) is 0 Å². The van der Waals surface area contributed by atoms with Gasteiger partial charge in [0.1, 0.15) is 0 Å². The zero-order chi connectivity index (χ0) is 54.8. The van der Waals surface area contributed by atoms with E-state index in [1.54, 1.807) is 0 Å². The maximum Gasteiger partial charge on any atom is 0.0468 e. The van der Waals surface area contributed by atoms with E-state index in [1.807, 2.05) is 0 Å². The van der Waals surface area contributed by atoms with Gasteiger partial charge in [0.25, 0.3) is 0 Å². The molecule has 0 amide bonds. The average molecular weight is 1060 g/mol. The Labute approximate surface area is 483 Å². The number of nitrogens with zero attached hydrogens (tertiary/aromatic N) is 2. The molecule has 0 aliphatic heterocycles. The van der Waals surface area contributed by atoms with Crippen LogP contribution in [0.15, 0.2) is 218 Å². The lowest BCUT2D eigenvalue weighted by atomic mass is 9.82. The zero-order valence-corrected chi connectivity index (χ0v) is 47.9. The predicted molar refractivity (Wildman–Crippen MR) is 350 cm³/mol.